The van der Waals surface area contributed by atoms with Crippen molar-refractivity contribution in [2.45, 2.75) is 6.92 Å². The highest BCUT2D eigenvalue weighted by Crippen LogP contribution is 2.01. The Morgan fingerprint density at radius 3 is 3.00 bits per heavy atom. The molecule has 0 spiro atoms. The van der Waals surface area contributed by atoms with Crippen LogP contribution in [0.25, 0.3) is 0 Å². The van der Waals surface area contributed by atoms with Crippen molar-refractivity contribution in [2.75, 3.05) is 12.4 Å². The van der Waals surface area contributed by atoms with Gasteiger partial charge in [-0.15, -0.1) is 0 Å². The summed E-state index contributed by atoms with van der Waals surface area (Å²) in [5.74, 6) is 0.829. The van der Waals surface area contributed by atoms with Gasteiger partial charge in [0.2, 0.25) is 0 Å². The number of hydrogen-bond donors (Lipinski definition) is 1. The van der Waals surface area contributed by atoms with E-state index >= 15 is 0 Å². The largest absolute Gasteiger partial charge is 0.331 e. The van der Waals surface area contributed by atoms with Gasteiger partial charge in [-0.2, -0.15) is 0 Å². The minimum Gasteiger partial charge on any atom is -0.331 e. The maximum Gasteiger partial charge on any atom is 0.131 e. The average molecular weight is 149 g/mol. The summed E-state index contributed by atoms with van der Waals surface area (Å²) in [5.41, 5.74) is 1.000. The van der Waals surface area contributed by atoms with Crippen LogP contribution in [-0.4, -0.2) is 18.4 Å². The van der Waals surface area contributed by atoms with Crippen LogP contribution in [0.3, 0.4) is 0 Å². The zero-order valence-corrected chi connectivity index (χ0v) is 6.70. The first-order valence-electron chi connectivity index (χ1n) is 3.44. The molecule has 1 heterocycles. The maximum absolute atomic E-state index is 4.21. The number of aliphatic imine (C=N–C) groups is 1. The first-order chi connectivity index (χ1) is 5.33. The molecule has 0 bridgehead atoms. The van der Waals surface area contributed by atoms with Gasteiger partial charge >= 0.3 is 0 Å². The third kappa shape index (κ3) is 2.37. The molecule has 1 rings (SSSR count). The number of hydrogen-bond acceptors (Lipinski definition) is 2. The van der Waals surface area contributed by atoms with Crippen molar-refractivity contribution in [1.29, 1.82) is 0 Å². The van der Waals surface area contributed by atoms with Gasteiger partial charge in [-0.1, -0.05) is 6.07 Å². The number of aryl methyl sites for hydroxylation is 1. The van der Waals surface area contributed by atoms with E-state index in [0.717, 1.165) is 11.5 Å². The Balaban J connectivity index is 2.71. The summed E-state index contributed by atoms with van der Waals surface area (Å²) in [7, 11) is 1.71. The minimum atomic E-state index is 0.829. The molecule has 0 saturated heterocycles. The molecule has 1 aromatic rings. The van der Waals surface area contributed by atoms with E-state index in [0.29, 0.717) is 0 Å². The fourth-order valence-electron chi connectivity index (χ4n) is 0.754. The van der Waals surface area contributed by atoms with Gasteiger partial charge in [0.25, 0.3) is 0 Å². The molecule has 0 aromatic carbocycles. The highest BCUT2D eigenvalue weighted by molar-refractivity contribution is 5.73. The highest BCUT2D eigenvalue weighted by Gasteiger charge is 1.88. The van der Waals surface area contributed by atoms with Crippen molar-refractivity contribution in [3.05, 3.63) is 23.9 Å². The molecule has 3 nitrogen and oxygen atoms in total. The first-order valence-corrected chi connectivity index (χ1v) is 3.44. The van der Waals surface area contributed by atoms with E-state index in [-0.39, 0.29) is 0 Å². The lowest BCUT2D eigenvalue weighted by Crippen LogP contribution is -1.97. The number of rotatable bonds is 2. The van der Waals surface area contributed by atoms with Crippen LogP contribution in [0.4, 0.5) is 5.82 Å². The molecule has 0 unspecified atom stereocenters. The van der Waals surface area contributed by atoms with E-state index in [4.69, 9.17) is 0 Å². The predicted octanol–water partition coefficient (Wildman–Crippen LogP) is 1.46. The van der Waals surface area contributed by atoms with Gasteiger partial charge in [0, 0.05) is 12.7 Å². The van der Waals surface area contributed by atoms with Crippen LogP contribution < -0.4 is 5.32 Å². The average Bonchev–Trinajstić information content (AvgIpc) is 2.01. The second kappa shape index (κ2) is 3.71. The Morgan fingerprint density at radius 2 is 2.36 bits per heavy atom. The summed E-state index contributed by atoms with van der Waals surface area (Å²) >= 11 is 0. The fraction of sp³-hybridized carbons (Fsp3) is 0.250. The van der Waals surface area contributed by atoms with Crippen molar-refractivity contribution >= 4 is 12.2 Å². The molecule has 0 amide bonds. The van der Waals surface area contributed by atoms with Crippen molar-refractivity contribution in [2.24, 2.45) is 4.99 Å². The van der Waals surface area contributed by atoms with Gasteiger partial charge in [-0.05, 0) is 19.1 Å². The number of nitrogens with one attached hydrogen (secondary N) is 1. The monoisotopic (exact) mass is 149 g/mol. The molecule has 3 heteroatoms. The summed E-state index contributed by atoms with van der Waals surface area (Å²) in [4.78, 5) is 7.99. The Kier molecular flexibility index (Phi) is 2.60. The molecule has 0 radical (unpaired) electrons. The normalized spacial score (nSPS) is 10.4. The minimum absolute atomic E-state index is 0.829. The lowest BCUT2D eigenvalue weighted by Gasteiger charge is -1.98. The predicted molar refractivity (Wildman–Crippen MR) is 47.0 cm³/mol. The SMILES string of the molecule is CN=CNc1cccc(C)n1. The fourth-order valence-corrected chi connectivity index (χ4v) is 0.754. The van der Waals surface area contributed by atoms with Gasteiger partial charge < -0.3 is 5.32 Å². The topological polar surface area (TPSA) is 37.3 Å². The number of aromatic nitrogens is 1. The number of anilines is 1. The summed E-state index contributed by atoms with van der Waals surface area (Å²) < 4.78 is 0. The molecular formula is C8H11N3. The number of pyridine rings is 1. The zero-order chi connectivity index (χ0) is 8.10. The summed E-state index contributed by atoms with van der Waals surface area (Å²) in [6.45, 7) is 1.95. The lowest BCUT2D eigenvalue weighted by atomic mass is 10.4. The molecule has 0 fully saturated rings. The Morgan fingerprint density at radius 1 is 1.55 bits per heavy atom. The van der Waals surface area contributed by atoms with Crippen molar-refractivity contribution in [3.63, 3.8) is 0 Å². The molecule has 0 saturated carbocycles. The van der Waals surface area contributed by atoms with Crippen LogP contribution >= 0.6 is 0 Å². The third-order valence-electron chi connectivity index (χ3n) is 1.23. The van der Waals surface area contributed by atoms with Crippen LogP contribution in [0.2, 0.25) is 0 Å². The van der Waals surface area contributed by atoms with E-state index < -0.39 is 0 Å². The van der Waals surface area contributed by atoms with E-state index in [1.807, 2.05) is 25.1 Å². The molecule has 0 aliphatic carbocycles. The Labute approximate surface area is 66.2 Å². The zero-order valence-electron chi connectivity index (χ0n) is 6.70. The van der Waals surface area contributed by atoms with E-state index in [1.165, 1.54) is 0 Å². The van der Waals surface area contributed by atoms with Crippen LogP contribution in [0.5, 0.6) is 0 Å². The van der Waals surface area contributed by atoms with Crippen molar-refractivity contribution in [3.8, 4) is 0 Å². The molecule has 0 aliphatic heterocycles. The molecule has 58 valence electrons. The van der Waals surface area contributed by atoms with Crippen molar-refractivity contribution < 1.29 is 0 Å². The maximum atomic E-state index is 4.21. The van der Waals surface area contributed by atoms with Gasteiger partial charge in [0.05, 0.1) is 6.34 Å². The van der Waals surface area contributed by atoms with E-state index in [1.54, 1.807) is 13.4 Å². The third-order valence-corrected chi connectivity index (χ3v) is 1.23. The van der Waals surface area contributed by atoms with E-state index in [9.17, 15) is 0 Å². The van der Waals surface area contributed by atoms with E-state index in [2.05, 4.69) is 15.3 Å². The van der Waals surface area contributed by atoms with Gasteiger partial charge in [-0.25, -0.2) is 4.98 Å². The van der Waals surface area contributed by atoms with Crippen LogP contribution in [0.1, 0.15) is 5.69 Å². The number of nitrogens with zero attached hydrogens (tertiary/aromatic N) is 2. The second-order valence-corrected chi connectivity index (χ2v) is 2.20. The highest BCUT2D eigenvalue weighted by atomic mass is 15.0. The molecule has 0 atom stereocenters. The first kappa shape index (κ1) is 7.72. The Hall–Kier alpha value is -1.38. The van der Waals surface area contributed by atoms with Gasteiger partial charge in [-0.3, -0.25) is 4.99 Å². The standard InChI is InChI=1S/C8H11N3/c1-7-4-3-5-8(11-7)10-6-9-2/h3-6H,1-2H3,(H,9,10,11). The van der Waals surface area contributed by atoms with Crippen molar-refractivity contribution in [1.82, 2.24) is 4.98 Å². The van der Waals surface area contributed by atoms with Crippen LogP contribution in [-0.2, 0) is 0 Å². The smallest absolute Gasteiger partial charge is 0.131 e. The lowest BCUT2D eigenvalue weighted by molar-refractivity contribution is 1.20. The summed E-state index contributed by atoms with van der Waals surface area (Å²) in [6.07, 6.45) is 1.61. The van der Waals surface area contributed by atoms with Crippen LogP contribution in [0.15, 0.2) is 23.2 Å². The second-order valence-electron chi connectivity index (χ2n) is 2.20. The quantitative estimate of drug-likeness (QED) is 0.510. The summed E-state index contributed by atoms with van der Waals surface area (Å²) in [6, 6.07) is 5.80. The van der Waals surface area contributed by atoms with Gasteiger partial charge in [0.1, 0.15) is 5.82 Å². The molecule has 11 heavy (non-hydrogen) atoms. The van der Waals surface area contributed by atoms with Gasteiger partial charge in [0.15, 0.2) is 0 Å². The molecule has 0 aliphatic rings. The molecular weight excluding hydrogens is 138 g/mol. The molecule has 1 aromatic heterocycles. The Bertz CT molecular complexity index is 255. The van der Waals surface area contributed by atoms with Crippen LogP contribution in [0, 0.1) is 6.92 Å². The summed E-state index contributed by atoms with van der Waals surface area (Å²) in [5, 5.41) is 2.93. The molecule has 1 N–H and O–H groups in total.